The zero-order valence-electron chi connectivity index (χ0n) is 14.0. The second-order valence-corrected chi connectivity index (χ2v) is 5.25. The molecule has 0 heterocycles. The summed E-state index contributed by atoms with van der Waals surface area (Å²) in [6, 6.07) is 11.1. The van der Waals surface area contributed by atoms with Crippen LogP contribution in [0.15, 0.2) is 42.5 Å². The molecule has 0 spiro atoms. The maximum absolute atomic E-state index is 12.9. The second-order valence-electron chi connectivity index (χ2n) is 5.25. The summed E-state index contributed by atoms with van der Waals surface area (Å²) in [5, 5.41) is 2.81. The molecule has 0 saturated carbocycles. The summed E-state index contributed by atoms with van der Waals surface area (Å²) in [7, 11) is 0. The minimum atomic E-state index is -0.297. The van der Waals surface area contributed by atoms with Crippen molar-refractivity contribution in [1.29, 1.82) is 0 Å². The van der Waals surface area contributed by atoms with Crippen molar-refractivity contribution in [2.24, 2.45) is 0 Å². The Morgan fingerprint density at radius 3 is 2.46 bits per heavy atom. The molecule has 2 aromatic carbocycles. The van der Waals surface area contributed by atoms with Gasteiger partial charge in [0.25, 0.3) is 5.91 Å². The van der Waals surface area contributed by atoms with Crippen LogP contribution in [-0.4, -0.2) is 19.1 Å². The molecule has 4 nitrogen and oxygen atoms in total. The Balaban J connectivity index is 2.05. The number of rotatable bonds is 8. The van der Waals surface area contributed by atoms with Gasteiger partial charge in [0.15, 0.2) is 11.5 Å². The number of carbonyl (C=O) groups is 1. The van der Waals surface area contributed by atoms with Gasteiger partial charge in [-0.05, 0) is 49.2 Å². The Hall–Kier alpha value is -2.56. The molecule has 0 aliphatic rings. The summed E-state index contributed by atoms with van der Waals surface area (Å²) in [6.07, 6.45) is 0.894. The summed E-state index contributed by atoms with van der Waals surface area (Å²) in [4.78, 5) is 12.3. The van der Waals surface area contributed by atoms with E-state index < -0.39 is 0 Å². The number of carbonyl (C=O) groups excluding carboxylic acids is 1. The quantitative estimate of drug-likeness (QED) is 0.797. The van der Waals surface area contributed by atoms with Crippen molar-refractivity contribution >= 4 is 5.91 Å². The molecule has 1 amide bonds. The van der Waals surface area contributed by atoms with E-state index in [1.165, 1.54) is 12.1 Å². The predicted octanol–water partition coefficient (Wildman–Crippen LogP) is 3.94. The Morgan fingerprint density at radius 1 is 1.04 bits per heavy atom. The van der Waals surface area contributed by atoms with Crippen LogP contribution in [0.4, 0.5) is 4.39 Å². The minimum absolute atomic E-state index is 0.220. The van der Waals surface area contributed by atoms with Gasteiger partial charge in [0, 0.05) is 12.1 Å². The van der Waals surface area contributed by atoms with E-state index >= 15 is 0 Å². The maximum Gasteiger partial charge on any atom is 0.251 e. The molecule has 0 fully saturated rings. The fourth-order valence-electron chi connectivity index (χ4n) is 2.14. The van der Waals surface area contributed by atoms with E-state index in [1.54, 1.807) is 30.3 Å². The molecule has 0 aliphatic carbocycles. The van der Waals surface area contributed by atoms with Crippen molar-refractivity contribution in [3.63, 3.8) is 0 Å². The van der Waals surface area contributed by atoms with Crippen molar-refractivity contribution < 1.29 is 18.7 Å². The summed E-state index contributed by atoms with van der Waals surface area (Å²) in [5.74, 6) is 0.672. The number of benzene rings is 2. The molecule has 1 N–H and O–H groups in total. The average molecular weight is 331 g/mol. The molecule has 0 bridgehead atoms. The molecule has 24 heavy (non-hydrogen) atoms. The number of hydrogen-bond donors (Lipinski definition) is 1. The summed E-state index contributed by atoms with van der Waals surface area (Å²) in [6.45, 7) is 5.32. The van der Waals surface area contributed by atoms with Crippen LogP contribution >= 0.6 is 0 Å². The van der Waals surface area contributed by atoms with Gasteiger partial charge in [0.1, 0.15) is 5.82 Å². The first-order chi connectivity index (χ1) is 11.6. The van der Waals surface area contributed by atoms with Crippen molar-refractivity contribution in [2.45, 2.75) is 26.8 Å². The lowest BCUT2D eigenvalue weighted by molar-refractivity contribution is 0.0950. The smallest absolute Gasteiger partial charge is 0.251 e. The van der Waals surface area contributed by atoms with Gasteiger partial charge in [-0.2, -0.15) is 0 Å². The predicted molar refractivity (Wildman–Crippen MR) is 91.0 cm³/mol. The molecule has 0 aliphatic heterocycles. The third-order valence-electron chi connectivity index (χ3n) is 3.33. The molecule has 128 valence electrons. The topological polar surface area (TPSA) is 47.6 Å². The number of amides is 1. The molecule has 2 rings (SSSR count). The van der Waals surface area contributed by atoms with Gasteiger partial charge in [0.05, 0.1) is 13.2 Å². The first kappa shape index (κ1) is 17.8. The van der Waals surface area contributed by atoms with Gasteiger partial charge in [-0.3, -0.25) is 4.79 Å². The van der Waals surface area contributed by atoms with Crippen molar-refractivity contribution in [3.8, 4) is 11.5 Å². The monoisotopic (exact) mass is 331 g/mol. The van der Waals surface area contributed by atoms with Gasteiger partial charge in [-0.1, -0.05) is 19.1 Å². The van der Waals surface area contributed by atoms with Crippen molar-refractivity contribution in [2.75, 3.05) is 13.2 Å². The molecule has 0 atom stereocenters. The third kappa shape index (κ3) is 4.98. The molecule has 0 aromatic heterocycles. The van der Waals surface area contributed by atoms with Crippen LogP contribution in [0.3, 0.4) is 0 Å². The standard InChI is InChI=1S/C19H22FNO3/c1-3-11-24-17-10-7-15(12-18(17)23-4-2)19(22)21-13-14-5-8-16(20)9-6-14/h5-10,12H,3-4,11,13H2,1-2H3,(H,21,22). The Labute approximate surface area is 141 Å². The molecule has 0 unspecified atom stereocenters. The van der Waals surface area contributed by atoms with E-state index in [-0.39, 0.29) is 11.7 Å². The highest BCUT2D eigenvalue weighted by Gasteiger charge is 2.11. The lowest BCUT2D eigenvalue weighted by atomic mass is 10.1. The normalized spacial score (nSPS) is 10.3. The number of hydrogen-bond acceptors (Lipinski definition) is 3. The highest BCUT2D eigenvalue weighted by molar-refractivity contribution is 5.94. The highest BCUT2D eigenvalue weighted by Crippen LogP contribution is 2.28. The van der Waals surface area contributed by atoms with Gasteiger partial charge >= 0.3 is 0 Å². The minimum Gasteiger partial charge on any atom is -0.490 e. The average Bonchev–Trinajstić information content (AvgIpc) is 2.60. The van der Waals surface area contributed by atoms with E-state index in [0.717, 1.165) is 12.0 Å². The van der Waals surface area contributed by atoms with Crippen LogP contribution in [-0.2, 0) is 6.54 Å². The molecular weight excluding hydrogens is 309 g/mol. The molecule has 2 aromatic rings. The lowest BCUT2D eigenvalue weighted by Gasteiger charge is -2.13. The first-order valence-corrected chi connectivity index (χ1v) is 8.06. The second kappa shape index (κ2) is 8.91. The van der Waals surface area contributed by atoms with Crippen LogP contribution < -0.4 is 14.8 Å². The van der Waals surface area contributed by atoms with Crippen LogP contribution in [0.1, 0.15) is 36.2 Å². The summed E-state index contributed by atoms with van der Waals surface area (Å²) in [5.41, 5.74) is 1.32. The molecule has 5 heteroatoms. The molecule has 0 saturated heterocycles. The fourth-order valence-corrected chi connectivity index (χ4v) is 2.14. The Morgan fingerprint density at radius 2 is 1.79 bits per heavy atom. The van der Waals surface area contributed by atoms with Gasteiger partial charge in [-0.15, -0.1) is 0 Å². The highest BCUT2D eigenvalue weighted by atomic mass is 19.1. The van der Waals surface area contributed by atoms with Crippen LogP contribution in [0.2, 0.25) is 0 Å². The van der Waals surface area contributed by atoms with Crippen molar-refractivity contribution in [3.05, 3.63) is 59.4 Å². The third-order valence-corrected chi connectivity index (χ3v) is 3.33. The number of halogens is 1. The zero-order chi connectivity index (χ0) is 17.4. The first-order valence-electron chi connectivity index (χ1n) is 8.06. The van der Waals surface area contributed by atoms with E-state index in [1.807, 2.05) is 13.8 Å². The van der Waals surface area contributed by atoms with E-state index in [9.17, 15) is 9.18 Å². The molecular formula is C19H22FNO3. The maximum atomic E-state index is 12.9. The van der Waals surface area contributed by atoms with E-state index in [2.05, 4.69) is 5.32 Å². The van der Waals surface area contributed by atoms with E-state index in [4.69, 9.17) is 9.47 Å². The zero-order valence-corrected chi connectivity index (χ0v) is 14.0. The van der Waals surface area contributed by atoms with Crippen LogP contribution in [0, 0.1) is 5.82 Å². The molecule has 0 radical (unpaired) electrons. The number of nitrogens with one attached hydrogen (secondary N) is 1. The SMILES string of the molecule is CCCOc1ccc(C(=O)NCc2ccc(F)cc2)cc1OCC. The van der Waals surface area contributed by atoms with Crippen molar-refractivity contribution in [1.82, 2.24) is 5.32 Å². The van der Waals surface area contributed by atoms with E-state index in [0.29, 0.717) is 36.8 Å². The van der Waals surface area contributed by atoms with Crippen LogP contribution in [0.5, 0.6) is 11.5 Å². The lowest BCUT2D eigenvalue weighted by Crippen LogP contribution is -2.22. The van der Waals surface area contributed by atoms with Gasteiger partial charge in [-0.25, -0.2) is 4.39 Å². The summed E-state index contributed by atoms with van der Waals surface area (Å²) < 4.78 is 24.1. The fraction of sp³-hybridized carbons (Fsp3) is 0.316. The largest absolute Gasteiger partial charge is 0.490 e. The number of ether oxygens (including phenoxy) is 2. The van der Waals surface area contributed by atoms with Crippen LogP contribution in [0.25, 0.3) is 0 Å². The Kier molecular flexibility index (Phi) is 6.61. The Bertz CT molecular complexity index is 671. The van der Waals surface area contributed by atoms with Gasteiger partial charge in [0.2, 0.25) is 0 Å². The summed E-state index contributed by atoms with van der Waals surface area (Å²) >= 11 is 0. The van der Waals surface area contributed by atoms with Gasteiger partial charge < -0.3 is 14.8 Å².